The van der Waals surface area contributed by atoms with Gasteiger partial charge in [-0.25, -0.2) is 0 Å². The van der Waals surface area contributed by atoms with Crippen molar-refractivity contribution in [2.24, 2.45) is 10.8 Å². The largest absolute Gasteiger partial charge is 0.304 e. The molecule has 2 heteroatoms. The summed E-state index contributed by atoms with van der Waals surface area (Å²) >= 11 is 0. The Labute approximate surface area is 128 Å². The molecule has 0 unspecified atom stereocenters. The molecule has 0 spiro atoms. The molecule has 0 bridgehead atoms. The van der Waals surface area contributed by atoms with Crippen molar-refractivity contribution in [3.05, 3.63) is 0 Å². The summed E-state index contributed by atoms with van der Waals surface area (Å²) in [6, 6.07) is 0.544. The van der Waals surface area contributed by atoms with Gasteiger partial charge in [-0.05, 0) is 73.5 Å². The van der Waals surface area contributed by atoms with E-state index in [1.54, 1.807) is 0 Å². The van der Waals surface area contributed by atoms with E-state index in [-0.39, 0.29) is 21.9 Å². The minimum atomic E-state index is 0.109. The van der Waals surface area contributed by atoms with E-state index >= 15 is 0 Å². The summed E-state index contributed by atoms with van der Waals surface area (Å²) in [4.78, 5) is 4.88. The van der Waals surface area contributed by atoms with E-state index in [9.17, 15) is 0 Å². The van der Waals surface area contributed by atoms with Crippen LogP contribution in [0.1, 0.15) is 69.2 Å². The lowest BCUT2D eigenvalue weighted by molar-refractivity contribution is -0.122. The Hall–Kier alpha value is -0.0800. The smallest absolute Gasteiger partial charge is 0.0209 e. The lowest BCUT2D eigenvalue weighted by Gasteiger charge is -2.62. The van der Waals surface area contributed by atoms with Crippen LogP contribution in [0.3, 0.4) is 0 Å². The van der Waals surface area contributed by atoms with Crippen molar-refractivity contribution in [1.29, 1.82) is 0 Å². The average molecular weight is 285 g/mol. The Kier molecular flexibility index (Phi) is 5.58. The second-order valence-corrected chi connectivity index (χ2v) is 8.97. The van der Waals surface area contributed by atoms with Crippen LogP contribution in [-0.2, 0) is 0 Å². The predicted molar refractivity (Wildman–Crippen MR) is 92.3 cm³/mol. The molecule has 0 radical (unpaired) electrons. The van der Waals surface area contributed by atoms with E-state index < -0.39 is 0 Å². The van der Waals surface area contributed by atoms with E-state index in [0.717, 1.165) is 0 Å². The Bertz CT molecular complexity index is 322. The summed E-state index contributed by atoms with van der Waals surface area (Å²) in [5.74, 6) is 0. The first-order chi connectivity index (χ1) is 8.55. The molecule has 0 saturated carbocycles. The maximum Gasteiger partial charge on any atom is 0.0209 e. The van der Waals surface area contributed by atoms with Gasteiger partial charge in [0.2, 0.25) is 0 Å². The molecule has 0 aromatic carbocycles. The van der Waals surface area contributed by atoms with Crippen molar-refractivity contribution in [3.63, 3.8) is 0 Å². The molecule has 2 nitrogen and oxygen atoms in total. The molecule has 0 aliphatic heterocycles. The second kappa shape index (κ2) is 5.61. The normalized spacial score (nSPS) is 15.6. The van der Waals surface area contributed by atoms with Crippen molar-refractivity contribution < 1.29 is 0 Å². The van der Waals surface area contributed by atoms with Gasteiger partial charge in [0, 0.05) is 17.1 Å². The van der Waals surface area contributed by atoms with Crippen LogP contribution in [0.4, 0.5) is 0 Å². The van der Waals surface area contributed by atoms with Crippen LogP contribution in [0, 0.1) is 10.8 Å². The molecule has 0 heterocycles. The molecular weight excluding hydrogens is 244 g/mol. The highest BCUT2D eigenvalue weighted by Crippen LogP contribution is 2.55. The molecule has 0 fully saturated rings. The van der Waals surface area contributed by atoms with Crippen LogP contribution in [0.25, 0.3) is 0 Å². The van der Waals surface area contributed by atoms with E-state index in [2.05, 4.69) is 100 Å². The van der Waals surface area contributed by atoms with Crippen molar-refractivity contribution in [2.45, 2.75) is 86.4 Å². The van der Waals surface area contributed by atoms with Gasteiger partial charge in [0.25, 0.3) is 0 Å². The van der Waals surface area contributed by atoms with Gasteiger partial charge in [-0.15, -0.1) is 0 Å². The Balaban J connectivity index is 5.84. The van der Waals surface area contributed by atoms with Gasteiger partial charge in [0.05, 0.1) is 0 Å². The fourth-order valence-corrected chi connectivity index (χ4v) is 3.17. The number of hydrogen-bond donors (Lipinski definition) is 0. The first-order valence-electron chi connectivity index (χ1n) is 7.95. The van der Waals surface area contributed by atoms with Gasteiger partial charge >= 0.3 is 0 Å². The number of hydrogen-bond acceptors (Lipinski definition) is 2. The first kappa shape index (κ1) is 19.9. The van der Waals surface area contributed by atoms with Crippen LogP contribution in [0.15, 0.2) is 0 Å². The Morgan fingerprint density at radius 2 is 0.900 bits per heavy atom. The molecule has 0 rings (SSSR count). The quantitative estimate of drug-likeness (QED) is 0.708. The third kappa shape index (κ3) is 2.78. The molecule has 0 amide bonds. The fourth-order valence-electron chi connectivity index (χ4n) is 3.17. The van der Waals surface area contributed by atoms with E-state index in [1.807, 2.05) is 0 Å². The number of rotatable bonds is 6. The maximum atomic E-state index is 2.51. The molecule has 122 valence electrons. The van der Waals surface area contributed by atoms with Crippen LogP contribution >= 0.6 is 0 Å². The van der Waals surface area contributed by atoms with E-state index in [4.69, 9.17) is 0 Å². The third-order valence-electron chi connectivity index (χ3n) is 7.40. The van der Waals surface area contributed by atoms with Gasteiger partial charge in [0.1, 0.15) is 0 Å². The average Bonchev–Trinajstić information content (AvgIpc) is 2.26. The lowest BCUT2D eigenvalue weighted by Crippen LogP contribution is -2.66. The third-order valence-corrected chi connectivity index (χ3v) is 7.40. The summed E-state index contributed by atoms with van der Waals surface area (Å²) in [6.07, 6.45) is 0. The van der Waals surface area contributed by atoms with Gasteiger partial charge in [-0.2, -0.15) is 0 Å². The van der Waals surface area contributed by atoms with Gasteiger partial charge < -0.3 is 4.90 Å². The summed E-state index contributed by atoms with van der Waals surface area (Å²) in [5.41, 5.74) is 0.520. The molecule has 0 aromatic rings. The van der Waals surface area contributed by atoms with Crippen molar-refractivity contribution in [1.82, 2.24) is 9.80 Å². The molecule has 0 atom stereocenters. The second-order valence-electron chi connectivity index (χ2n) is 8.97. The maximum absolute atomic E-state index is 2.51. The first-order valence-corrected chi connectivity index (χ1v) is 7.95. The highest BCUT2D eigenvalue weighted by molar-refractivity contribution is 5.10. The van der Waals surface area contributed by atoms with Gasteiger partial charge in [0.15, 0.2) is 0 Å². The highest BCUT2D eigenvalue weighted by atomic mass is 15.2. The molecule has 0 N–H and O–H groups in total. The minimum absolute atomic E-state index is 0.109. The zero-order chi connectivity index (χ0) is 16.7. The Morgan fingerprint density at radius 3 is 1.15 bits per heavy atom. The van der Waals surface area contributed by atoms with E-state index in [1.165, 1.54) is 0 Å². The van der Waals surface area contributed by atoms with Crippen LogP contribution in [-0.4, -0.2) is 48.1 Å². The summed E-state index contributed by atoms with van der Waals surface area (Å²) in [7, 11) is 6.64. The van der Waals surface area contributed by atoms with Crippen LogP contribution in [0.5, 0.6) is 0 Å². The summed E-state index contributed by atoms with van der Waals surface area (Å²) in [5, 5.41) is 0. The molecular formula is C18H40N2. The standard InChI is InChI=1S/C18H40N2/c1-14(2)20(13)18(9,10)16(5,6)15(3,4)17(7,8)19(11)12/h14H,1-13H3. The van der Waals surface area contributed by atoms with Gasteiger partial charge in [-0.1, -0.05) is 27.7 Å². The molecule has 0 aliphatic carbocycles. The minimum Gasteiger partial charge on any atom is -0.304 e. The van der Waals surface area contributed by atoms with Crippen molar-refractivity contribution in [2.75, 3.05) is 21.1 Å². The monoisotopic (exact) mass is 284 g/mol. The molecule has 0 aromatic heterocycles. The summed E-state index contributed by atoms with van der Waals surface area (Å²) in [6.45, 7) is 23.8. The zero-order valence-electron chi connectivity index (χ0n) is 16.5. The van der Waals surface area contributed by atoms with Crippen LogP contribution < -0.4 is 0 Å². The zero-order valence-corrected chi connectivity index (χ0v) is 16.5. The Morgan fingerprint density at radius 1 is 0.600 bits per heavy atom. The molecule has 0 aliphatic rings. The van der Waals surface area contributed by atoms with Crippen molar-refractivity contribution >= 4 is 0 Å². The lowest BCUT2D eigenvalue weighted by atomic mass is 9.51. The topological polar surface area (TPSA) is 6.48 Å². The summed E-state index contributed by atoms with van der Waals surface area (Å²) < 4.78 is 0. The molecule has 0 saturated heterocycles. The van der Waals surface area contributed by atoms with Crippen LogP contribution in [0.2, 0.25) is 0 Å². The molecule has 20 heavy (non-hydrogen) atoms. The number of nitrogens with zero attached hydrogens (tertiary/aromatic N) is 2. The van der Waals surface area contributed by atoms with Gasteiger partial charge in [-0.3, -0.25) is 4.90 Å². The highest BCUT2D eigenvalue weighted by Gasteiger charge is 2.56. The van der Waals surface area contributed by atoms with Crippen molar-refractivity contribution in [3.8, 4) is 0 Å². The SMILES string of the molecule is CC(C)N(C)C(C)(C)C(C)(C)C(C)(C)C(C)(C)N(C)C. The fraction of sp³-hybridized carbons (Fsp3) is 1.00. The van der Waals surface area contributed by atoms with E-state index in [0.29, 0.717) is 6.04 Å². The predicted octanol–water partition coefficient (Wildman–Crippen LogP) is 4.50.